The van der Waals surface area contributed by atoms with Gasteiger partial charge in [0.25, 0.3) is 15.6 Å². The van der Waals surface area contributed by atoms with Gasteiger partial charge in [0, 0.05) is 22.8 Å². The fourth-order valence-electron chi connectivity index (χ4n) is 3.47. The zero-order valence-electron chi connectivity index (χ0n) is 30.7. The molecule has 0 amide bonds. The van der Waals surface area contributed by atoms with Crippen molar-refractivity contribution >= 4 is 15.6 Å². The summed E-state index contributed by atoms with van der Waals surface area (Å²) in [5.41, 5.74) is 4.01. The van der Waals surface area contributed by atoms with Crippen LogP contribution in [0.3, 0.4) is 0 Å². The molecule has 0 unspecified atom stereocenters. The van der Waals surface area contributed by atoms with Crippen LogP contribution in [0.15, 0.2) is 24.3 Å². The van der Waals surface area contributed by atoms with Crippen molar-refractivity contribution in [3.8, 4) is 0 Å². The molecule has 0 N–H and O–H groups in total. The molecule has 0 saturated carbocycles. The van der Waals surface area contributed by atoms with E-state index < -0.39 is 38.0 Å². The average molecular weight is 724 g/mol. The van der Waals surface area contributed by atoms with Crippen molar-refractivity contribution < 1.29 is 54.1 Å². The molecule has 0 bridgehead atoms. The number of hydrogen-bond acceptors (Lipinski definition) is 10. The van der Waals surface area contributed by atoms with Gasteiger partial charge in [-0.15, -0.1) is 0 Å². The summed E-state index contributed by atoms with van der Waals surface area (Å²) in [5, 5.41) is 0. The molecule has 0 aliphatic rings. The van der Waals surface area contributed by atoms with Crippen molar-refractivity contribution in [1.29, 1.82) is 0 Å². The first-order valence-electron chi connectivity index (χ1n) is 14.5. The minimum atomic E-state index is -4.19. The van der Waals surface area contributed by atoms with E-state index in [1.807, 2.05) is 27.7 Å². The second kappa shape index (κ2) is 19.1. The van der Waals surface area contributed by atoms with Crippen molar-refractivity contribution in [3.63, 3.8) is 0 Å². The Morgan fingerprint density at radius 1 is 0.467 bits per heavy atom. The molecule has 2 heterocycles. The van der Waals surface area contributed by atoms with Crippen molar-refractivity contribution in [3.05, 3.63) is 58.2 Å². The second-order valence-electron chi connectivity index (χ2n) is 14.6. The summed E-state index contributed by atoms with van der Waals surface area (Å²) in [5.74, 6) is 0. The molecule has 10 nitrogen and oxygen atoms in total. The number of hydrogen-bond donors (Lipinski definition) is 0. The van der Waals surface area contributed by atoms with E-state index in [0.29, 0.717) is 0 Å². The van der Waals surface area contributed by atoms with Gasteiger partial charge in [-0.05, 0) is 160 Å². The molecule has 2 aromatic rings. The zero-order chi connectivity index (χ0) is 35.5. The van der Waals surface area contributed by atoms with Gasteiger partial charge in [0.1, 0.15) is 0 Å². The molecule has 0 spiro atoms. The van der Waals surface area contributed by atoms with Gasteiger partial charge in [0.15, 0.2) is 0 Å². The smallest absolute Gasteiger partial charge is 0.756 e. The summed E-state index contributed by atoms with van der Waals surface area (Å²) in [6.45, 7) is 32.1. The number of pyridine rings is 2. The van der Waals surface area contributed by atoms with E-state index in [1.54, 1.807) is 83.1 Å². The van der Waals surface area contributed by atoms with Gasteiger partial charge in [-0.1, -0.05) is 0 Å². The zero-order valence-corrected chi connectivity index (χ0v) is 33.4. The predicted octanol–water partition coefficient (Wildman–Crippen LogP) is 8.18. The van der Waals surface area contributed by atoms with E-state index in [1.165, 1.54) is 11.1 Å². The molecule has 0 fully saturated rings. The SMILES string of the molecule is CC(C)(C)OP(=O)([O-])OC(C)(C)C.CC(C)(C)OP(=O)([O-])OC(C)(C)C.Cc1cc(C)nc(C)c1.Cc1cc(C)nc(C)c1.[Cu+2]. The van der Waals surface area contributed by atoms with Crippen LogP contribution in [-0.4, -0.2) is 32.4 Å². The first kappa shape index (κ1) is 48.4. The van der Waals surface area contributed by atoms with Gasteiger partial charge in [0.2, 0.25) is 0 Å². The maximum Gasteiger partial charge on any atom is 2.00 e. The van der Waals surface area contributed by atoms with Crippen LogP contribution < -0.4 is 9.79 Å². The summed E-state index contributed by atoms with van der Waals surface area (Å²) < 4.78 is 41.6. The summed E-state index contributed by atoms with van der Waals surface area (Å²) in [6, 6.07) is 8.31. The van der Waals surface area contributed by atoms with Gasteiger partial charge < -0.3 is 27.9 Å². The van der Waals surface area contributed by atoms with Gasteiger partial charge in [-0.3, -0.25) is 19.1 Å². The normalized spacial score (nSPS) is 12.4. The fourth-order valence-corrected chi connectivity index (χ4v) is 6.22. The van der Waals surface area contributed by atoms with Crippen molar-refractivity contribution in [1.82, 2.24) is 9.97 Å². The van der Waals surface area contributed by atoms with E-state index in [9.17, 15) is 18.9 Å². The van der Waals surface area contributed by atoms with Crippen molar-refractivity contribution in [2.75, 3.05) is 0 Å². The Morgan fingerprint density at radius 3 is 0.733 bits per heavy atom. The topological polar surface area (TPSA) is 143 Å². The third-order valence-corrected chi connectivity index (χ3v) is 7.08. The van der Waals surface area contributed by atoms with Crippen LogP contribution in [-0.2, 0) is 44.3 Å². The third-order valence-electron chi connectivity index (χ3n) is 3.99. The average Bonchev–Trinajstić information content (AvgIpc) is 2.58. The van der Waals surface area contributed by atoms with Crippen LogP contribution in [0.2, 0.25) is 0 Å². The number of phosphoric acid groups is 2. The molecule has 2 rings (SSSR count). The van der Waals surface area contributed by atoms with Crippen molar-refractivity contribution in [2.45, 2.75) is 147 Å². The molecule has 0 aliphatic carbocycles. The molecular weight excluding hydrogens is 666 g/mol. The monoisotopic (exact) mass is 723 g/mol. The number of phosphoric ester groups is 2. The van der Waals surface area contributed by atoms with E-state index in [0.717, 1.165) is 22.8 Å². The van der Waals surface area contributed by atoms with E-state index in [4.69, 9.17) is 18.1 Å². The molecule has 0 aromatic carbocycles. The minimum Gasteiger partial charge on any atom is -0.756 e. The quantitative estimate of drug-likeness (QED) is 0.224. The van der Waals surface area contributed by atoms with Crippen molar-refractivity contribution in [2.24, 2.45) is 0 Å². The largest absolute Gasteiger partial charge is 2.00 e. The Hall–Kier alpha value is -0.961. The molecule has 45 heavy (non-hydrogen) atoms. The molecule has 0 atom stereocenters. The minimum absolute atomic E-state index is 0. The van der Waals surface area contributed by atoms with Gasteiger partial charge in [-0.25, -0.2) is 0 Å². The fraction of sp³-hybridized carbons (Fsp3) is 0.688. The molecular formula is C32H58CuN2O8P2. The third kappa shape index (κ3) is 32.8. The Kier molecular flexibility index (Phi) is 20.6. The first-order valence-corrected chi connectivity index (χ1v) is 17.4. The number of aryl methyl sites for hydroxylation is 6. The predicted molar refractivity (Wildman–Crippen MR) is 175 cm³/mol. The molecule has 0 saturated heterocycles. The summed E-state index contributed by atoms with van der Waals surface area (Å²) in [4.78, 5) is 31.0. The van der Waals surface area contributed by atoms with Crippen LogP contribution in [0, 0.1) is 41.5 Å². The maximum atomic E-state index is 11.2. The van der Waals surface area contributed by atoms with E-state index in [2.05, 4.69) is 48.1 Å². The Labute approximate surface area is 284 Å². The Morgan fingerprint density at radius 2 is 0.622 bits per heavy atom. The van der Waals surface area contributed by atoms with Crippen LogP contribution in [0.25, 0.3) is 0 Å². The standard InChI is InChI=1S/2C8H11N.2C8H19O4P.Cu/c2*1-6-4-7(2)9-8(3)5-6;2*1-7(2,3)11-13(9,10)12-8(4,5)6;/h2*4-5H,1-3H3;2*1-6H3,(H,9,10);/q;;;;+2/p-2. The molecule has 2 aromatic heterocycles. The van der Waals surface area contributed by atoms with Crippen LogP contribution >= 0.6 is 15.6 Å². The number of aromatic nitrogens is 2. The summed E-state index contributed by atoms with van der Waals surface area (Å²) in [7, 11) is -8.37. The molecule has 265 valence electrons. The van der Waals surface area contributed by atoms with Gasteiger partial charge in [0.05, 0.1) is 22.4 Å². The summed E-state index contributed by atoms with van der Waals surface area (Å²) in [6.07, 6.45) is 0. The van der Waals surface area contributed by atoms with Gasteiger partial charge in [-0.2, -0.15) is 0 Å². The van der Waals surface area contributed by atoms with Gasteiger partial charge >= 0.3 is 17.1 Å². The number of rotatable bonds is 4. The van der Waals surface area contributed by atoms with E-state index >= 15 is 0 Å². The Bertz CT molecular complexity index is 1020. The van der Waals surface area contributed by atoms with E-state index in [-0.39, 0.29) is 17.1 Å². The Balaban J connectivity index is -0.000000525. The molecule has 0 aliphatic heterocycles. The molecule has 1 radical (unpaired) electrons. The maximum absolute atomic E-state index is 11.2. The molecule has 13 heteroatoms. The van der Waals surface area contributed by atoms with Crippen LogP contribution in [0.5, 0.6) is 0 Å². The second-order valence-corrected chi connectivity index (χ2v) is 17.1. The van der Waals surface area contributed by atoms with Crippen LogP contribution in [0.4, 0.5) is 0 Å². The summed E-state index contributed by atoms with van der Waals surface area (Å²) >= 11 is 0. The number of nitrogens with zero attached hydrogens (tertiary/aromatic N) is 2. The van der Waals surface area contributed by atoms with Crippen LogP contribution in [0.1, 0.15) is 117 Å². The first-order chi connectivity index (χ1) is 19.2.